The third-order valence-corrected chi connectivity index (χ3v) is 3.99. The van der Waals surface area contributed by atoms with E-state index in [0.29, 0.717) is 6.04 Å². The molecule has 0 saturated carbocycles. The first-order chi connectivity index (χ1) is 8.34. The maximum Gasteiger partial charge on any atom is 0.240 e. The van der Waals surface area contributed by atoms with E-state index in [1.807, 2.05) is 18.7 Å². The first-order valence-electron chi connectivity index (χ1n) is 7.11. The lowest BCUT2D eigenvalue weighted by Gasteiger charge is -2.34. The Labute approximate surface area is 111 Å². The Balaban J connectivity index is 2.67. The number of carbonyl (C=O) groups excluding carboxylic acids is 1. The van der Waals surface area contributed by atoms with Crippen molar-refractivity contribution >= 4 is 5.91 Å². The fourth-order valence-corrected chi connectivity index (χ4v) is 2.47. The summed E-state index contributed by atoms with van der Waals surface area (Å²) < 4.78 is 0. The van der Waals surface area contributed by atoms with Crippen LogP contribution in [0.4, 0.5) is 0 Å². The van der Waals surface area contributed by atoms with E-state index >= 15 is 0 Å². The maximum absolute atomic E-state index is 12.4. The predicted octanol–water partition coefficient (Wildman–Crippen LogP) is 1.30. The van der Waals surface area contributed by atoms with E-state index < -0.39 is 0 Å². The van der Waals surface area contributed by atoms with Crippen LogP contribution in [0.3, 0.4) is 0 Å². The van der Waals surface area contributed by atoms with Gasteiger partial charge in [0, 0.05) is 18.6 Å². The number of likely N-dealkylation sites (tertiary alicyclic amines) is 1. The molecule has 2 N–H and O–H groups in total. The molecular formula is C14H29N3O. The molecule has 4 nitrogen and oxygen atoms in total. The number of hydrogen-bond acceptors (Lipinski definition) is 3. The number of nitrogens with zero attached hydrogens (tertiary/aromatic N) is 2. The van der Waals surface area contributed by atoms with Gasteiger partial charge in [-0.2, -0.15) is 0 Å². The molecule has 0 aromatic rings. The summed E-state index contributed by atoms with van der Waals surface area (Å²) in [6, 6.07) is 0.339. The van der Waals surface area contributed by atoms with Gasteiger partial charge in [0.15, 0.2) is 0 Å². The molecule has 1 saturated heterocycles. The largest absolute Gasteiger partial charge is 0.337 e. The van der Waals surface area contributed by atoms with Crippen LogP contribution in [0.2, 0.25) is 0 Å². The molecule has 0 radical (unpaired) electrons. The summed E-state index contributed by atoms with van der Waals surface area (Å²) in [7, 11) is 2.14. The molecule has 1 aliphatic rings. The molecule has 0 spiro atoms. The van der Waals surface area contributed by atoms with Crippen molar-refractivity contribution < 1.29 is 4.79 Å². The fourth-order valence-electron chi connectivity index (χ4n) is 2.47. The van der Waals surface area contributed by atoms with Crippen LogP contribution in [0.15, 0.2) is 0 Å². The topological polar surface area (TPSA) is 49.6 Å². The van der Waals surface area contributed by atoms with Gasteiger partial charge in [-0.15, -0.1) is 0 Å². The van der Waals surface area contributed by atoms with Crippen LogP contribution >= 0.6 is 0 Å². The van der Waals surface area contributed by atoms with Crippen molar-refractivity contribution in [1.29, 1.82) is 0 Å². The second-order valence-corrected chi connectivity index (χ2v) is 6.13. The van der Waals surface area contributed by atoms with Crippen LogP contribution in [-0.4, -0.2) is 54.0 Å². The highest BCUT2D eigenvalue weighted by molar-refractivity contribution is 5.82. The average molecular weight is 255 g/mol. The zero-order valence-corrected chi connectivity index (χ0v) is 12.5. The minimum absolute atomic E-state index is 0.0975. The van der Waals surface area contributed by atoms with Gasteiger partial charge < -0.3 is 15.5 Å². The van der Waals surface area contributed by atoms with Crippen LogP contribution in [-0.2, 0) is 4.79 Å². The summed E-state index contributed by atoms with van der Waals surface area (Å²) in [4.78, 5) is 16.7. The summed E-state index contributed by atoms with van der Waals surface area (Å²) in [6.45, 7) is 10.1. The Kier molecular flexibility index (Phi) is 5.60. The van der Waals surface area contributed by atoms with E-state index in [1.54, 1.807) is 0 Å². The molecule has 4 heteroatoms. The second kappa shape index (κ2) is 6.53. The third kappa shape index (κ3) is 3.69. The lowest BCUT2D eigenvalue weighted by Crippen LogP contribution is -2.52. The quantitative estimate of drug-likeness (QED) is 0.805. The molecule has 0 aromatic carbocycles. The van der Waals surface area contributed by atoms with Crippen molar-refractivity contribution in [1.82, 2.24) is 9.80 Å². The molecule has 1 aliphatic heterocycles. The van der Waals surface area contributed by atoms with Crippen LogP contribution in [0.1, 0.15) is 40.5 Å². The zero-order valence-electron chi connectivity index (χ0n) is 12.5. The summed E-state index contributed by atoms with van der Waals surface area (Å²) in [5.74, 6) is 0.292. The van der Waals surface area contributed by atoms with Crippen molar-refractivity contribution in [2.24, 2.45) is 11.7 Å². The van der Waals surface area contributed by atoms with Gasteiger partial charge in [0.1, 0.15) is 0 Å². The minimum Gasteiger partial charge on any atom is -0.337 e. The highest BCUT2D eigenvalue weighted by Crippen LogP contribution is 2.18. The van der Waals surface area contributed by atoms with Crippen LogP contribution < -0.4 is 5.73 Å². The standard InChI is InChI=1S/C14H29N3O/c1-10(2)13(15)14(18)17(11(3)4)9-12-7-6-8-16(12)5/h10-13H,6-9,15H2,1-5H3/t12?,13-/m0/s1. The van der Waals surface area contributed by atoms with Crippen LogP contribution in [0.5, 0.6) is 0 Å². The normalized spacial score (nSPS) is 22.8. The fraction of sp³-hybridized carbons (Fsp3) is 0.929. The van der Waals surface area contributed by atoms with Gasteiger partial charge in [0.25, 0.3) is 0 Å². The van der Waals surface area contributed by atoms with Crippen molar-refractivity contribution in [2.75, 3.05) is 20.1 Å². The molecule has 1 unspecified atom stereocenters. The third-order valence-electron chi connectivity index (χ3n) is 3.99. The molecule has 2 atom stereocenters. The average Bonchev–Trinajstić information content (AvgIpc) is 2.69. The summed E-state index contributed by atoms with van der Waals surface area (Å²) in [6.07, 6.45) is 2.42. The lowest BCUT2D eigenvalue weighted by atomic mass is 10.0. The number of hydrogen-bond donors (Lipinski definition) is 1. The Bertz CT molecular complexity index is 278. The summed E-state index contributed by atoms with van der Waals surface area (Å²) >= 11 is 0. The minimum atomic E-state index is -0.376. The van der Waals surface area contributed by atoms with Gasteiger partial charge in [-0.1, -0.05) is 13.8 Å². The van der Waals surface area contributed by atoms with Gasteiger partial charge in [-0.3, -0.25) is 4.79 Å². The molecule has 0 bridgehead atoms. The van der Waals surface area contributed by atoms with Crippen molar-refractivity contribution in [3.63, 3.8) is 0 Å². The van der Waals surface area contributed by atoms with E-state index in [2.05, 4.69) is 25.8 Å². The van der Waals surface area contributed by atoms with E-state index in [4.69, 9.17) is 5.73 Å². The molecular weight excluding hydrogens is 226 g/mol. The predicted molar refractivity (Wildman–Crippen MR) is 75.3 cm³/mol. The Morgan fingerprint density at radius 2 is 2.00 bits per heavy atom. The first kappa shape index (κ1) is 15.4. The molecule has 1 rings (SSSR count). The van der Waals surface area contributed by atoms with Crippen molar-refractivity contribution in [3.8, 4) is 0 Å². The number of likely N-dealkylation sites (N-methyl/N-ethyl adjacent to an activating group) is 1. The molecule has 106 valence electrons. The highest BCUT2D eigenvalue weighted by atomic mass is 16.2. The van der Waals surface area contributed by atoms with Crippen LogP contribution in [0, 0.1) is 5.92 Å². The highest BCUT2D eigenvalue weighted by Gasteiger charge is 2.30. The van der Waals surface area contributed by atoms with Gasteiger partial charge in [-0.25, -0.2) is 0 Å². The molecule has 1 heterocycles. The van der Waals surface area contributed by atoms with Gasteiger partial charge >= 0.3 is 0 Å². The van der Waals surface area contributed by atoms with Gasteiger partial charge in [-0.05, 0) is 46.2 Å². The summed E-state index contributed by atoms with van der Waals surface area (Å²) in [5, 5.41) is 0. The first-order valence-corrected chi connectivity index (χ1v) is 7.11. The van der Waals surface area contributed by atoms with E-state index in [9.17, 15) is 4.79 Å². The SMILES string of the molecule is CC(C)[C@H](N)C(=O)N(CC1CCCN1C)C(C)C. The second-order valence-electron chi connectivity index (χ2n) is 6.13. The molecule has 0 aromatic heterocycles. The van der Waals surface area contributed by atoms with Crippen molar-refractivity contribution in [2.45, 2.75) is 58.7 Å². The number of rotatable bonds is 5. The number of carbonyl (C=O) groups is 1. The smallest absolute Gasteiger partial charge is 0.240 e. The zero-order chi connectivity index (χ0) is 13.9. The van der Waals surface area contributed by atoms with Crippen LogP contribution in [0.25, 0.3) is 0 Å². The monoisotopic (exact) mass is 255 g/mol. The molecule has 1 amide bonds. The van der Waals surface area contributed by atoms with E-state index in [0.717, 1.165) is 13.1 Å². The maximum atomic E-state index is 12.4. The number of amides is 1. The Morgan fingerprint density at radius 3 is 2.39 bits per heavy atom. The molecule has 18 heavy (non-hydrogen) atoms. The molecule has 0 aliphatic carbocycles. The lowest BCUT2D eigenvalue weighted by molar-refractivity contribution is -0.136. The Morgan fingerprint density at radius 1 is 1.39 bits per heavy atom. The van der Waals surface area contributed by atoms with E-state index in [-0.39, 0.29) is 23.9 Å². The Hall–Kier alpha value is -0.610. The molecule has 1 fully saturated rings. The van der Waals surface area contributed by atoms with E-state index in [1.165, 1.54) is 12.8 Å². The van der Waals surface area contributed by atoms with Gasteiger partial charge in [0.2, 0.25) is 5.91 Å². The van der Waals surface area contributed by atoms with Crippen molar-refractivity contribution in [3.05, 3.63) is 0 Å². The van der Waals surface area contributed by atoms with Gasteiger partial charge in [0.05, 0.1) is 6.04 Å². The number of nitrogens with two attached hydrogens (primary N) is 1. The summed E-state index contributed by atoms with van der Waals surface area (Å²) in [5.41, 5.74) is 6.00.